The number of anilines is 2. The van der Waals surface area contributed by atoms with E-state index < -0.39 is 22.5 Å². The van der Waals surface area contributed by atoms with Gasteiger partial charge >= 0.3 is 0 Å². The van der Waals surface area contributed by atoms with Crippen molar-refractivity contribution in [2.75, 3.05) is 30.4 Å². The van der Waals surface area contributed by atoms with E-state index in [1.807, 2.05) is 32.9 Å². The van der Waals surface area contributed by atoms with Gasteiger partial charge in [0.1, 0.15) is 6.54 Å². The first-order valence-electron chi connectivity index (χ1n) is 10.3. The Balaban J connectivity index is 1.97. The number of carbonyl (C=O) groups excluding carboxylic acids is 1. The molecule has 0 unspecified atom stereocenters. The van der Waals surface area contributed by atoms with Crippen molar-refractivity contribution >= 4 is 27.3 Å². The summed E-state index contributed by atoms with van der Waals surface area (Å²) in [6.07, 6.45) is 0. The molecule has 7 nitrogen and oxygen atoms in total. The van der Waals surface area contributed by atoms with Gasteiger partial charge in [-0.05, 0) is 62.2 Å². The van der Waals surface area contributed by atoms with E-state index in [2.05, 4.69) is 5.32 Å². The fraction of sp³-hybridized carbons (Fsp3) is 0.240. The van der Waals surface area contributed by atoms with Crippen LogP contribution >= 0.6 is 0 Å². The molecule has 1 N–H and O–H groups in total. The summed E-state index contributed by atoms with van der Waals surface area (Å²) in [6.45, 7) is 5.19. The molecule has 0 radical (unpaired) electrons. The van der Waals surface area contributed by atoms with Gasteiger partial charge < -0.3 is 14.8 Å². The molecule has 8 heteroatoms. The zero-order valence-electron chi connectivity index (χ0n) is 19.4. The Labute approximate surface area is 195 Å². The van der Waals surface area contributed by atoms with Crippen LogP contribution in [-0.4, -0.2) is 35.1 Å². The topological polar surface area (TPSA) is 84.9 Å². The third-order valence-corrected chi connectivity index (χ3v) is 6.97. The summed E-state index contributed by atoms with van der Waals surface area (Å²) < 4.78 is 38.8. The minimum atomic E-state index is -3.99. The summed E-state index contributed by atoms with van der Waals surface area (Å²) in [6, 6.07) is 17.0. The Morgan fingerprint density at radius 3 is 2.12 bits per heavy atom. The van der Waals surface area contributed by atoms with E-state index in [0.717, 1.165) is 21.0 Å². The predicted molar refractivity (Wildman–Crippen MR) is 130 cm³/mol. The Bertz CT molecular complexity index is 1250. The van der Waals surface area contributed by atoms with Crippen molar-refractivity contribution in [3.8, 4) is 11.5 Å². The van der Waals surface area contributed by atoms with Crippen molar-refractivity contribution < 1.29 is 22.7 Å². The van der Waals surface area contributed by atoms with E-state index >= 15 is 0 Å². The number of hydrogen-bond acceptors (Lipinski definition) is 5. The monoisotopic (exact) mass is 468 g/mol. The second-order valence-electron chi connectivity index (χ2n) is 7.73. The molecule has 0 bridgehead atoms. The lowest BCUT2D eigenvalue weighted by molar-refractivity contribution is -0.114. The zero-order valence-corrected chi connectivity index (χ0v) is 20.2. The number of aryl methyl sites for hydroxylation is 3. The number of methoxy groups -OCH3 is 2. The number of benzene rings is 3. The van der Waals surface area contributed by atoms with Crippen molar-refractivity contribution in [2.24, 2.45) is 0 Å². The highest BCUT2D eigenvalue weighted by molar-refractivity contribution is 7.92. The Kier molecular flexibility index (Phi) is 7.28. The lowest BCUT2D eigenvalue weighted by atomic mass is 10.1. The normalized spacial score (nSPS) is 11.1. The molecular formula is C25H28N2O5S. The number of nitrogens with one attached hydrogen (secondary N) is 1. The Morgan fingerprint density at radius 2 is 1.48 bits per heavy atom. The van der Waals surface area contributed by atoms with Crippen LogP contribution in [-0.2, 0) is 14.8 Å². The number of carbonyl (C=O) groups is 1. The largest absolute Gasteiger partial charge is 0.493 e. The molecule has 174 valence electrons. The van der Waals surface area contributed by atoms with Crippen LogP contribution in [0, 0.1) is 20.8 Å². The first-order valence-corrected chi connectivity index (χ1v) is 11.8. The number of ether oxygens (including phenoxy) is 2. The maximum Gasteiger partial charge on any atom is 0.264 e. The van der Waals surface area contributed by atoms with Crippen LogP contribution in [0.3, 0.4) is 0 Å². The molecule has 0 heterocycles. The van der Waals surface area contributed by atoms with Crippen molar-refractivity contribution in [3.05, 3.63) is 77.4 Å². The van der Waals surface area contributed by atoms with E-state index in [1.54, 1.807) is 48.5 Å². The van der Waals surface area contributed by atoms with Crippen LogP contribution in [0.1, 0.15) is 16.7 Å². The molecule has 0 aliphatic rings. The van der Waals surface area contributed by atoms with Crippen LogP contribution in [0.5, 0.6) is 11.5 Å². The maximum atomic E-state index is 13.6. The zero-order chi connectivity index (χ0) is 24.2. The van der Waals surface area contributed by atoms with Gasteiger partial charge in [0.15, 0.2) is 11.5 Å². The van der Waals surface area contributed by atoms with Crippen LogP contribution in [0.4, 0.5) is 11.4 Å². The predicted octanol–water partition coefficient (Wildman–Crippen LogP) is 4.46. The van der Waals surface area contributed by atoms with Gasteiger partial charge in [0.05, 0.1) is 24.8 Å². The highest BCUT2D eigenvalue weighted by atomic mass is 32.2. The molecule has 0 spiro atoms. The van der Waals surface area contributed by atoms with Crippen molar-refractivity contribution in [1.29, 1.82) is 0 Å². The summed E-state index contributed by atoms with van der Waals surface area (Å²) in [7, 11) is -0.971. The molecular weight excluding hydrogens is 440 g/mol. The van der Waals surface area contributed by atoms with Crippen LogP contribution in [0.25, 0.3) is 0 Å². The number of amides is 1. The molecule has 3 rings (SSSR count). The van der Waals surface area contributed by atoms with Gasteiger partial charge in [0, 0.05) is 11.8 Å². The summed E-state index contributed by atoms with van der Waals surface area (Å²) >= 11 is 0. The van der Waals surface area contributed by atoms with Crippen LogP contribution in [0.15, 0.2) is 65.6 Å². The van der Waals surface area contributed by atoms with Crippen LogP contribution < -0.4 is 19.1 Å². The second-order valence-corrected chi connectivity index (χ2v) is 9.59. The van der Waals surface area contributed by atoms with E-state index in [9.17, 15) is 13.2 Å². The fourth-order valence-corrected chi connectivity index (χ4v) is 4.85. The number of nitrogens with zero attached hydrogens (tertiary/aromatic N) is 1. The lowest BCUT2D eigenvalue weighted by Crippen LogP contribution is -2.38. The molecule has 3 aromatic carbocycles. The molecule has 1 amide bonds. The van der Waals surface area contributed by atoms with Gasteiger partial charge in [-0.3, -0.25) is 9.10 Å². The highest BCUT2D eigenvalue weighted by Crippen LogP contribution is 2.31. The van der Waals surface area contributed by atoms with E-state index in [0.29, 0.717) is 22.9 Å². The smallest absolute Gasteiger partial charge is 0.264 e. The van der Waals surface area contributed by atoms with Crippen molar-refractivity contribution in [1.82, 2.24) is 0 Å². The van der Waals surface area contributed by atoms with Gasteiger partial charge in [-0.1, -0.05) is 29.8 Å². The van der Waals surface area contributed by atoms with E-state index in [-0.39, 0.29) is 4.90 Å². The SMILES string of the molecule is COc1ccc(NC(=O)CN(c2cc(C)ccc2C)S(=O)(=O)c2ccc(C)cc2)cc1OC. The first kappa shape index (κ1) is 24.1. The summed E-state index contributed by atoms with van der Waals surface area (Å²) in [5.74, 6) is 0.488. The average Bonchev–Trinajstić information content (AvgIpc) is 2.79. The van der Waals surface area contributed by atoms with Gasteiger partial charge in [-0.2, -0.15) is 0 Å². The highest BCUT2D eigenvalue weighted by Gasteiger charge is 2.28. The van der Waals surface area contributed by atoms with Crippen molar-refractivity contribution in [3.63, 3.8) is 0 Å². The maximum absolute atomic E-state index is 13.6. The van der Waals surface area contributed by atoms with Gasteiger partial charge in [-0.15, -0.1) is 0 Å². The van der Waals surface area contributed by atoms with E-state index in [1.165, 1.54) is 14.2 Å². The second kappa shape index (κ2) is 9.95. The van der Waals surface area contributed by atoms with Crippen LogP contribution in [0.2, 0.25) is 0 Å². The molecule has 3 aromatic rings. The third kappa shape index (κ3) is 5.46. The van der Waals surface area contributed by atoms with Crippen molar-refractivity contribution in [2.45, 2.75) is 25.7 Å². The first-order chi connectivity index (χ1) is 15.6. The average molecular weight is 469 g/mol. The molecule has 0 saturated heterocycles. The van der Waals surface area contributed by atoms with Gasteiger partial charge in [-0.25, -0.2) is 8.42 Å². The molecule has 0 aromatic heterocycles. The number of hydrogen-bond donors (Lipinski definition) is 1. The lowest BCUT2D eigenvalue weighted by Gasteiger charge is -2.26. The standard InChI is InChI=1S/C25H28N2O5S/c1-17-7-11-21(12-8-17)33(29,30)27(22-14-18(2)6-9-19(22)3)16-25(28)26-20-10-13-23(31-4)24(15-20)32-5/h6-15H,16H2,1-5H3,(H,26,28). The Morgan fingerprint density at radius 1 is 0.848 bits per heavy atom. The molecule has 0 atom stereocenters. The minimum Gasteiger partial charge on any atom is -0.493 e. The molecule has 0 saturated carbocycles. The minimum absolute atomic E-state index is 0.118. The molecule has 0 fully saturated rings. The fourth-order valence-electron chi connectivity index (χ4n) is 3.37. The Hall–Kier alpha value is -3.52. The summed E-state index contributed by atoms with van der Waals surface area (Å²) in [5.41, 5.74) is 3.50. The molecule has 33 heavy (non-hydrogen) atoms. The number of rotatable bonds is 8. The number of sulfonamides is 1. The van der Waals surface area contributed by atoms with E-state index in [4.69, 9.17) is 9.47 Å². The molecule has 0 aliphatic carbocycles. The van der Waals surface area contributed by atoms with Gasteiger partial charge in [0.2, 0.25) is 5.91 Å². The summed E-state index contributed by atoms with van der Waals surface area (Å²) in [5, 5.41) is 2.75. The molecule has 0 aliphatic heterocycles. The third-order valence-electron chi connectivity index (χ3n) is 5.20. The summed E-state index contributed by atoms with van der Waals surface area (Å²) in [4.78, 5) is 13.1. The van der Waals surface area contributed by atoms with Gasteiger partial charge in [0.25, 0.3) is 10.0 Å². The quantitative estimate of drug-likeness (QED) is 0.528.